The van der Waals surface area contributed by atoms with Gasteiger partial charge in [-0.05, 0) is 37.7 Å². The molecule has 3 aromatic rings. The molecule has 0 aliphatic heterocycles. The Morgan fingerprint density at radius 1 is 1.11 bits per heavy atom. The number of aromatic nitrogens is 2. The molecule has 3 rings (SSSR count). The molecule has 0 spiro atoms. The number of hydrogen-bond donors (Lipinski definition) is 1. The molecule has 1 unspecified atom stereocenters. The van der Waals surface area contributed by atoms with Crippen LogP contribution >= 0.6 is 0 Å². The first-order chi connectivity index (χ1) is 9.29. The molecule has 1 N–H and O–H groups in total. The first-order valence-corrected chi connectivity index (χ1v) is 6.50. The Morgan fingerprint density at radius 2 is 1.95 bits per heavy atom. The number of nitrogens with zero attached hydrogens (tertiary/aromatic N) is 2. The number of fused-ring (bicyclic) bond motifs is 1. The van der Waals surface area contributed by atoms with E-state index in [0.717, 1.165) is 16.6 Å². The van der Waals surface area contributed by atoms with E-state index in [9.17, 15) is 0 Å². The number of nitrogens with one attached hydrogen (secondary N) is 1. The second-order valence-corrected chi connectivity index (χ2v) is 4.72. The van der Waals surface area contributed by atoms with Crippen molar-refractivity contribution in [2.45, 2.75) is 13.0 Å². The minimum atomic E-state index is 0.335. The maximum atomic E-state index is 4.49. The van der Waals surface area contributed by atoms with Gasteiger partial charge in [0, 0.05) is 11.4 Å². The van der Waals surface area contributed by atoms with E-state index in [2.05, 4.69) is 53.7 Å². The summed E-state index contributed by atoms with van der Waals surface area (Å²) in [7, 11) is 1.97. The summed E-state index contributed by atoms with van der Waals surface area (Å²) in [5.41, 5.74) is 3.50. The molecular formula is C16H17N3. The van der Waals surface area contributed by atoms with Gasteiger partial charge in [0.25, 0.3) is 0 Å². The van der Waals surface area contributed by atoms with Gasteiger partial charge in [-0.3, -0.25) is 0 Å². The molecule has 1 aromatic heterocycles. The van der Waals surface area contributed by atoms with Crippen molar-refractivity contribution in [3.05, 3.63) is 60.3 Å². The first-order valence-electron chi connectivity index (χ1n) is 6.50. The third-order valence-corrected chi connectivity index (χ3v) is 3.53. The maximum Gasteiger partial charge on any atom is 0.0741 e. The minimum absolute atomic E-state index is 0.335. The van der Waals surface area contributed by atoms with Gasteiger partial charge >= 0.3 is 0 Å². The van der Waals surface area contributed by atoms with E-state index < -0.39 is 0 Å². The van der Waals surface area contributed by atoms with Gasteiger partial charge in [0.15, 0.2) is 0 Å². The van der Waals surface area contributed by atoms with Gasteiger partial charge in [0.2, 0.25) is 0 Å². The summed E-state index contributed by atoms with van der Waals surface area (Å²) in [6, 6.07) is 17.1. The number of hydrogen-bond acceptors (Lipinski definition) is 2. The van der Waals surface area contributed by atoms with Crippen LogP contribution in [0.3, 0.4) is 0 Å². The molecule has 1 heterocycles. The van der Waals surface area contributed by atoms with Crippen LogP contribution < -0.4 is 5.32 Å². The summed E-state index contributed by atoms with van der Waals surface area (Å²) >= 11 is 0. The largest absolute Gasteiger partial charge is 0.313 e. The van der Waals surface area contributed by atoms with Crippen LogP contribution in [0.4, 0.5) is 0 Å². The molecule has 0 bridgehead atoms. The SMILES string of the molecule is CNC(C)c1cccc(-n2ncc3ccccc32)c1. The Bertz CT molecular complexity index is 700. The smallest absolute Gasteiger partial charge is 0.0741 e. The topological polar surface area (TPSA) is 29.9 Å². The van der Waals surface area contributed by atoms with Crippen LogP contribution in [0.25, 0.3) is 16.6 Å². The number of para-hydroxylation sites is 1. The molecule has 3 heteroatoms. The Hall–Kier alpha value is -2.13. The number of rotatable bonds is 3. The molecule has 96 valence electrons. The quantitative estimate of drug-likeness (QED) is 0.774. The van der Waals surface area contributed by atoms with E-state index in [0.29, 0.717) is 6.04 Å². The normalized spacial score (nSPS) is 12.7. The molecule has 0 aliphatic carbocycles. The van der Waals surface area contributed by atoms with Crippen molar-refractivity contribution in [1.29, 1.82) is 0 Å². The van der Waals surface area contributed by atoms with Crippen molar-refractivity contribution in [3.8, 4) is 5.69 Å². The van der Waals surface area contributed by atoms with Crippen LogP contribution in [0.5, 0.6) is 0 Å². The highest BCUT2D eigenvalue weighted by Gasteiger charge is 2.07. The Morgan fingerprint density at radius 3 is 2.79 bits per heavy atom. The lowest BCUT2D eigenvalue weighted by atomic mass is 10.1. The second kappa shape index (κ2) is 4.86. The molecule has 0 fully saturated rings. The Balaban J connectivity index is 2.11. The van der Waals surface area contributed by atoms with Crippen LogP contribution in [-0.2, 0) is 0 Å². The Labute approximate surface area is 112 Å². The zero-order chi connectivity index (χ0) is 13.2. The fraction of sp³-hybridized carbons (Fsp3) is 0.188. The fourth-order valence-corrected chi connectivity index (χ4v) is 2.27. The lowest BCUT2D eigenvalue weighted by Gasteiger charge is -2.12. The minimum Gasteiger partial charge on any atom is -0.313 e. The highest BCUT2D eigenvalue weighted by Crippen LogP contribution is 2.20. The van der Waals surface area contributed by atoms with Crippen LogP contribution in [0.2, 0.25) is 0 Å². The summed E-state index contributed by atoms with van der Waals surface area (Å²) in [6.45, 7) is 2.15. The molecule has 19 heavy (non-hydrogen) atoms. The van der Waals surface area contributed by atoms with Gasteiger partial charge in [-0.1, -0.05) is 30.3 Å². The van der Waals surface area contributed by atoms with Crippen molar-refractivity contribution in [2.24, 2.45) is 0 Å². The van der Waals surface area contributed by atoms with E-state index >= 15 is 0 Å². The monoisotopic (exact) mass is 251 g/mol. The molecule has 0 saturated heterocycles. The van der Waals surface area contributed by atoms with Gasteiger partial charge in [-0.25, -0.2) is 4.68 Å². The third-order valence-electron chi connectivity index (χ3n) is 3.53. The predicted octanol–water partition coefficient (Wildman–Crippen LogP) is 3.31. The summed E-state index contributed by atoms with van der Waals surface area (Å²) < 4.78 is 1.99. The highest BCUT2D eigenvalue weighted by atomic mass is 15.3. The fourth-order valence-electron chi connectivity index (χ4n) is 2.27. The van der Waals surface area contributed by atoms with E-state index in [1.54, 1.807) is 0 Å². The zero-order valence-electron chi connectivity index (χ0n) is 11.2. The van der Waals surface area contributed by atoms with Crippen molar-refractivity contribution in [1.82, 2.24) is 15.1 Å². The predicted molar refractivity (Wildman–Crippen MR) is 78.5 cm³/mol. The first kappa shape index (κ1) is 11.9. The van der Waals surface area contributed by atoms with Gasteiger partial charge in [0.1, 0.15) is 0 Å². The molecule has 0 radical (unpaired) electrons. The molecule has 0 saturated carbocycles. The van der Waals surface area contributed by atoms with E-state index in [1.807, 2.05) is 30.1 Å². The van der Waals surface area contributed by atoms with Gasteiger partial charge in [-0.2, -0.15) is 5.10 Å². The lowest BCUT2D eigenvalue weighted by Crippen LogP contribution is -2.12. The van der Waals surface area contributed by atoms with Crippen LogP contribution in [0.15, 0.2) is 54.7 Å². The second-order valence-electron chi connectivity index (χ2n) is 4.72. The summed E-state index contributed by atoms with van der Waals surface area (Å²) in [6.07, 6.45) is 1.91. The zero-order valence-corrected chi connectivity index (χ0v) is 11.2. The summed E-state index contributed by atoms with van der Waals surface area (Å²) in [4.78, 5) is 0. The molecule has 0 amide bonds. The van der Waals surface area contributed by atoms with Crippen LogP contribution in [0.1, 0.15) is 18.5 Å². The average molecular weight is 251 g/mol. The summed E-state index contributed by atoms with van der Waals surface area (Å²) in [5.74, 6) is 0. The van der Waals surface area contributed by atoms with E-state index in [4.69, 9.17) is 0 Å². The standard InChI is InChI=1S/C16H17N3/c1-12(17-2)13-7-5-8-15(10-13)19-16-9-4-3-6-14(16)11-18-19/h3-12,17H,1-2H3. The molecule has 3 nitrogen and oxygen atoms in total. The van der Waals surface area contributed by atoms with Gasteiger partial charge in [-0.15, -0.1) is 0 Å². The molecule has 2 aromatic carbocycles. The van der Waals surface area contributed by atoms with E-state index in [-0.39, 0.29) is 0 Å². The highest BCUT2D eigenvalue weighted by molar-refractivity contribution is 5.80. The van der Waals surface area contributed by atoms with Crippen LogP contribution in [-0.4, -0.2) is 16.8 Å². The van der Waals surface area contributed by atoms with Gasteiger partial charge in [0.05, 0.1) is 17.4 Å². The van der Waals surface area contributed by atoms with Crippen molar-refractivity contribution < 1.29 is 0 Å². The molecular weight excluding hydrogens is 234 g/mol. The Kier molecular flexibility index (Phi) is 3.05. The van der Waals surface area contributed by atoms with E-state index in [1.165, 1.54) is 5.56 Å². The maximum absolute atomic E-state index is 4.49. The molecule has 1 atom stereocenters. The molecule has 0 aliphatic rings. The lowest BCUT2D eigenvalue weighted by molar-refractivity contribution is 0.651. The number of benzene rings is 2. The summed E-state index contributed by atoms with van der Waals surface area (Å²) in [5, 5.41) is 8.91. The van der Waals surface area contributed by atoms with Crippen molar-refractivity contribution in [2.75, 3.05) is 7.05 Å². The van der Waals surface area contributed by atoms with Crippen molar-refractivity contribution in [3.63, 3.8) is 0 Å². The van der Waals surface area contributed by atoms with Gasteiger partial charge < -0.3 is 5.32 Å². The third kappa shape index (κ3) is 2.13. The van der Waals surface area contributed by atoms with Crippen molar-refractivity contribution >= 4 is 10.9 Å². The average Bonchev–Trinajstić information content (AvgIpc) is 2.90. The van der Waals surface area contributed by atoms with Crippen LogP contribution in [0, 0.1) is 0 Å².